The first-order valence-corrected chi connectivity index (χ1v) is 9.91. The molecule has 1 heterocycles. The molecule has 1 aromatic heterocycles. The van der Waals surface area contributed by atoms with E-state index < -0.39 is 0 Å². The first-order chi connectivity index (χ1) is 14.4. The fraction of sp³-hybridized carbons (Fsp3) is 0.160. The molecule has 0 spiro atoms. The lowest BCUT2D eigenvalue weighted by Gasteiger charge is -2.09. The molecule has 0 saturated carbocycles. The predicted molar refractivity (Wildman–Crippen MR) is 120 cm³/mol. The van der Waals surface area contributed by atoms with E-state index in [9.17, 15) is 4.79 Å². The summed E-state index contributed by atoms with van der Waals surface area (Å²) in [6.07, 6.45) is 0. The Balaban J connectivity index is 1.79. The van der Waals surface area contributed by atoms with E-state index in [4.69, 9.17) is 0 Å². The summed E-state index contributed by atoms with van der Waals surface area (Å²) in [4.78, 5) is 17.6. The second-order valence-electron chi connectivity index (χ2n) is 7.60. The Morgan fingerprint density at radius 3 is 2.33 bits per heavy atom. The third-order valence-electron chi connectivity index (χ3n) is 5.06. The van der Waals surface area contributed by atoms with Crippen LogP contribution in [0.25, 0.3) is 17.1 Å². The van der Waals surface area contributed by atoms with E-state index in [0.717, 1.165) is 39.2 Å². The van der Waals surface area contributed by atoms with Crippen molar-refractivity contribution in [1.82, 2.24) is 14.8 Å². The lowest BCUT2D eigenvalue weighted by molar-refractivity contribution is 0.101. The van der Waals surface area contributed by atoms with Crippen LogP contribution in [-0.2, 0) is 0 Å². The summed E-state index contributed by atoms with van der Waals surface area (Å²) in [7, 11) is 0. The molecule has 4 rings (SSSR count). The molecular weight excluding hydrogens is 372 g/mol. The SMILES string of the molecule is Cc1cccc(-c2nc(C(=O)Nc3ccc(C)cc3C)nn2-c2ccccc2C)c1. The second-order valence-corrected chi connectivity index (χ2v) is 7.60. The molecular formula is C25H24N4O. The molecule has 1 amide bonds. The van der Waals surface area contributed by atoms with Crippen molar-refractivity contribution in [1.29, 1.82) is 0 Å². The van der Waals surface area contributed by atoms with E-state index in [2.05, 4.69) is 15.4 Å². The summed E-state index contributed by atoms with van der Waals surface area (Å²) in [6.45, 7) is 8.05. The highest BCUT2D eigenvalue weighted by Crippen LogP contribution is 2.24. The maximum atomic E-state index is 13.0. The number of hydrogen-bond donors (Lipinski definition) is 1. The monoisotopic (exact) mass is 396 g/mol. The molecule has 0 saturated heterocycles. The smallest absolute Gasteiger partial charge is 0.295 e. The number of carbonyl (C=O) groups is 1. The van der Waals surface area contributed by atoms with Crippen molar-refractivity contribution in [3.05, 3.63) is 94.8 Å². The molecule has 3 aromatic carbocycles. The van der Waals surface area contributed by atoms with Gasteiger partial charge in [-0.1, -0.05) is 59.7 Å². The van der Waals surface area contributed by atoms with Gasteiger partial charge in [-0.2, -0.15) is 0 Å². The first kappa shape index (κ1) is 19.6. The summed E-state index contributed by atoms with van der Waals surface area (Å²) in [5, 5.41) is 7.53. The summed E-state index contributed by atoms with van der Waals surface area (Å²) >= 11 is 0. The summed E-state index contributed by atoms with van der Waals surface area (Å²) in [5.74, 6) is 0.441. The topological polar surface area (TPSA) is 59.8 Å². The fourth-order valence-electron chi connectivity index (χ4n) is 3.48. The lowest BCUT2D eigenvalue weighted by Crippen LogP contribution is -2.15. The minimum Gasteiger partial charge on any atom is -0.319 e. The Morgan fingerprint density at radius 2 is 1.60 bits per heavy atom. The number of aromatic nitrogens is 3. The van der Waals surface area contributed by atoms with Gasteiger partial charge in [0.15, 0.2) is 5.82 Å². The largest absolute Gasteiger partial charge is 0.319 e. The first-order valence-electron chi connectivity index (χ1n) is 9.91. The second kappa shape index (κ2) is 7.95. The van der Waals surface area contributed by atoms with Gasteiger partial charge in [0.2, 0.25) is 5.82 Å². The summed E-state index contributed by atoms with van der Waals surface area (Å²) in [5.41, 5.74) is 6.89. The molecule has 5 heteroatoms. The van der Waals surface area contributed by atoms with Gasteiger partial charge in [0.1, 0.15) is 0 Å². The van der Waals surface area contributed by atoms with Crippen LogP contribution < -0.4 is 5.32 Å². The molecule has 0 aliphatic carbocycles. The summed E-state index contributed by atoms with van der Waals surface area (Å²) in [6, 6.07) is 21.9. The molecule has 0 radical (unpaired) electrons. The number of carbonyl (C=O) groups excluding carboxylic acids is 1. The van der Waals surface area contributed by atoms with Crippen molar-refractivity contribution >= 4 is 11.6 Å². The van der Waals surface area contributed by atoms with Gasteiger partial charge < -0.3 is 5.32 Å². The Kier molecular flexibility index (Phi) is 5.19. The normalized spacial score (nSPS) is 10.8. The van der Waals surface area contributed by atoms with Crippen LogP contribution in [0, 0.1) is 27.7 Å². The highest BCUT2D eigenvalue weighted by atomic mass is 16.2. The fourth-order valence-corrected chi connectivity index (χ4v) is 3.48. The minimum atomic E-state index is -0.330. The molecule has 1 N–H and O–H groups in total. The number of rotatable bonds is 4. The molecule has 0 atom stereocenters. The van der Waals surface area contributed by atoms with E-state index in [1.54, 1.807) is 4.68 Å². The molecule has 0 bridgehead atoms. The number of anilines is 1. The van der Waals surface area contributed by atoms with Crippen molar-refractivity contribution in [3.8, 4) is 17.1 Å². The van der Waals surface area contributed by atoms with E-state index in [1.807, 2.05) is 94.4 Å². The van der Waals surface area contributed by atoms with Crippen LogP contribution in [0.2, 0.25) is 0 Å². The molecule has 0 unspecified atom stereocenters. The van der Waals surface area contributed by atoms with Gasteiger partial charge in [-0.25, -0.2) is 9.67 Å². The predicted octanol–water partition coefficient (Wildman–Crippen LogP) is 5.42. The van der Waals surface area contributed by atoms with E-state index in [-0.39, 0.29) is 11.7 Å². The van der Waals surface area contributed by atoms with Crippen LogP contribution >= 0.6 is 0 Å². The number of hydrogen-bond acceptors (Lipinski definition) is 3. The average molecular weight is 396 g/mol. The van der Waals surface area contributed by atoms with E-state index in [1.165, 1.54) is 0 Å². The molecule has 0 aliphatic rings. The van der Waals surface area contributed by atoms with Crippen molar-refractivity contribution in [3.63, 3.8) is 0 Å². The molecule has 0 fully saturated rings. The number of para-hydroxylation sites is 1. The van der Waals surface area contributed by atoms with Crippen molar-refractivity contribution in [2.24, 2.45) is 0 Å². The van der Waals surface area contributed by atoms with E-state index in [0.29, 0.717) is 5.82 Å². The van der Waals surface area contributed by atoms with Gasteiger partial charge >= 0.3 is 0 Å². The van der Waals surface area contributed by atoms with Crippen LogP contribution in [-0.4, -0.2) is 20.7 Å². The van der Waals surface area contributed by atoms with Gasteiger partial charge in [0.05, 0.1) is 5.69 Å². The zero-order valence-electron chi connectivity index (χ0n) is 17.6. The van der Waals surface area contributed by atoms with Crippen molar-refractivity contribution in [2.75, 3.05) is 5.32 Å². The number of benzene rings is 3. The Bertz CT molecular complexity index is 1240. The van der Waals surface area contributed by atoms with Gasteiger partial charge in [-0.15, -0.1) is 5.10 Å². The number of nitrogens with one attached hydrogen (secondary N) is 1. The summed E-state index contributed by atoms with van der Waals surface area (Å²) < 4.78 is 1.75. The molecule has 150 valence electrons. The molecule has 4 aromatic rings. The van der Waals surface area contributed by atoms with Crippen LogP contribution in [0.4, 0.5) is 5.69 Å². The number of amides is 1. The van der Waals surface area contributed by atoms with Crippen molar-refractivity contribution < 1.29 is 4.79 Å². The van der Waals surface area contributed by atoms with Crippen molar-refractivity contribution in [2.45, 2.75) is 27.7 Å². The lowest BCUT2D eigenvalue weighted by atomic mass is 10.1. The number of nitrogens with zero attached hydrogens (tertiary/aromatic N) is 3. The van der Waals surface area contributed by atoms with Gasteiger partial charge in [-0.3, -0.25) is 4.79 Å². The highest BCUT2D eigenvalue weighted by molar-refractivity contribution is 6.02. The zero-order chi connectivity index (χ0) is 21.3. The van der Waals surface area contributed by atoms with Gasteiger partial charge in [0.25, 0.3) is 5.91 Å². The molecule has 30 heavy (non-hydrogen) atoms. The Morgan fingerprint density at radius 1 is 0.833 bits per heavy atom. The van der Waals surface area contributed by atoms with Crippen LogP contribution in [0.15, 0.2) is 66.7 Å². The number of aryl methyl sites for hydroxylation is 4. The maximum Gasteiger partial charge on any atom is 0.295 e. The zero-order valence-corrected chi connectivity index (χ0v) is 17.6. The Labute approximate surface area is 176 Å². The quantitative estimate of drug-likeness (QED) is 0.501. The molecule has 5 nitrogen and oxygen atoms in total. The maximum absolute atomic E-state index is 13.0. The standard InChI is InChI=1S/C25H24N4O/c1-16-8-7-10-20(15-16)24-27-23(28-29(24)22-11-6-5-9-18(22)3)25(30)26-21-13-12-17(2)14-19(21)4/h5-15H,1-4H3,(H,26,30). The van der Waals surface area contributed by atoms with Crippen LogP contribution in [0.5, 0.6) is 0 Å². The van der Waals surface area contributed by atoms with Crippen LogP contribution in [0.3, 0.4) is 0 Å². The van der Waals surface area contributed by atoms with Gasteiger partial charge in [-0.05, 0) is 57.0 Å². The third kappa shape index (κ3) is 3.87. The molecule has 0 aliphatic heterocycles. The highest BCUT2D eigenvalue weighted by Gasteiger charge is 2.20. The van der Waals surface area contributed by atoms with E-state index >= 15 is 0 Å². The Hall–Kier alpha value is -3.73. The average Bonchev–Trinajstić information content (AvgIpc) is 3.16. The minimum absolute atomic E-state index is 0.134. The third-order valence-corrected chi connectivity index (χ3v) is 5.06. The van der Waals surface area contributed by atoms with Gasteiger partial charge in [0, 0.05) is 11.3 Å². The van der Waals surface area contributed by atoms with Crippen LogP contribution in [0.1, 0.15) is 32.9 Å².